The Morgan fingerprint density at radius 1 is 1.21 bits per heavy atom. The summed E-state index contributed by atoms with van der Waals surface area (Å²) in [5.41, 5.74) is 2.28. The van der Waals surface area contributed by atoms with Gasteiger partial charge in [-0.3, -0.25) is 9.48 Å². The fourth-order valence-electron chi connectivity index (χ4n) is 7.86. The maximum atomic E-state index is 13.5. The van der Waals surface area contributed by atoms with Crippen LogP contribution in [0.1, 0.15) is 77.7 Å². The van der Waals surface area contributed by atoms with E-state index < -0.39 is 0 Å². The first-order valence-corrected chi connectivity index (χ1v) is 11.8. The molecule has 4 fully saturated rings. The minimum atomic E-state index is -0.175. The topological polar surface area (TPSA) is 55.1 Å². The van der Waals surface area contributed by atoms with Crippen LogP contribution in [-0.2, 0) is 11.3 Å². The number of aromatic nitrogens is 2. The van der Waals surface area contributed by atoms with Crippen LogP contribution in [-0.4, -0.2) is 26.8 Å². The van der Waals surface area contributed by atoms with Crippen LogP contribution in [0.5, 0.6) is 0 Å². The number of rotatable bonds is 2. The molecule has 0 aromatic carbocycles. The largest absolute Gasteiger partial charge is 0.393 e. The highest BCUT2D eigenvalue weighted by molar-refractivity contribution is 6.05. The minimum Gasteiger partial charge on any atom is -0.393 e. The summed E-state index contributed by atoms with van der Waals surface area (Å²) in [6.45, 7) is 7.71. The molecule has 0 spiro atoms. The number of Topliss-reactive ketones (excluding diaryl/α,β-unsaturated/α-hetero) is 1. The Labute approximate surface area is 174 Å². The average Bonchev–Trinajstić information content (AvgIpc) is 3.26. The zero-order chi connectivity index (χ0) is 20.4. The van der Waals surface area contributed by atoms with E-state index in [-0.39, 0.29) is 11.5 Å². The standard InChI is InChI=1S/C25H36N2O2/c1-4-27-15-16(14-26-27)11-17-12-22-20-6-5-18-13-19(28)7-9-24(18,2)21(20)8-10-25(22,3)23(17)29/h11,14-15,18-22,28H,4-10,12-13H2,1-3H3/b17-11+/t18-,19+,20-,21+,22+,24+,25+/m1/s1. The molecule has 0 radical (unpaired) electrons. The van der Waals surface area contributed by atoms with E-state index in [2.05, 4.69) is 31.9 Å². The number of nitrogens with zero attached hydrogens (tertiary/aromatic N) is 2. The van der Waals surface area contributed by atoms with E-state index in [1.165, 1.54) is 19.3 Å². The summed E-state index contributed by atoms with van der Waals surface area (Å²) in [5.74, 6) is 2.95. The Morgan fingerprint density at radius 2 is 2.03 bits per heavy atom. The van der Waals surface area contributed by atoms with Gasteiger partial charge in [0.1, 0.15) is 0 Å². The van der Waals surface area contributed by atoms with E-state index in [0.717, 1.165) is 55.7 Å². The number of fused-ring (bicyclic) bond motifs is 5. The molecule has 0 unspecified atom stereocenters. The lowest BCUT2D eigenvalue weighted by atomic mass is 9.45. The zero-order valence-electron chi connectivity index (χ0n) is 18.2. The molecule has 0 saturated heterocycles. The van der Waals surface area contributed by atoms with Crippen molar-refractivity contribution in [2.45, 2.75) is 84.8 Å². The van der Waals surface area contributed by atoms with Crippen molar-refractivity contribution in [1.82, 2.24) is 9.78 Å². The van der Waals surface area contributed by atoms with Gasteiger partial charge in [-0.05, 0) is 99.0 Å². The van der Waals surface area contributed by atoms with E-state index >= 15 is 0 Å². The molecule has 4 saturated carbocycles. The number of aryl methyl sites for hydroxylation is 1. The number of hydrogen-bond acceptors (Lipinski definition) is 3. The smallest absolute Gasteiger partial charge is 0.165 e. The van der Waals surface area contributed by atoms with Crippen LogP contribution in [0.25, 0.3) is 6.08 Å². The van der Waals surface area contributed by atoms with Crippen molar-refractivity contribution in [2.75, 3.05) is 0 Å². The van der Waals surface area contributed by atoms with Gasteiger partial charge in [-0.2, -0.15) is 5.10 Å². The van der Waals surface area contributed by atoms with Crippen molar-refractivity contribution in [3.63, 3.8) is 0 Å². The van der Waals surface area contributed by atoms with Crippen LogP contribution in [0.2, 0.25) is 0 Å². The highest BCUT2D eigenvalue weighted by atomic mass is 16.3. The molecular formula is C25H36N2O2. The lowest BCUT2D eigenvalue weighted by Crippen LogP contribution is -2.54. The van der Waals surface area contributed by atoms with E-state index in [9.17, 15) is 9.90 Å². The third kappa shape index (κ3) is 2.89. The maximum absolute atomic E-state index is 13.5. The Hall–Kier alpha value is -1.42. The highest BCUT2D eigenvalue weighted by Crippen LogP contribution is 2.66. The number of aliphatic hydroxyl groups excluding tert-OH is 1. The van der Waals surface area contributed by atoms with Crippen molar-refractivity contribution in [3.8, 4) is 0 Å². The van der Waals surface area contributed by atoms with Crippen molar-refractivity contribution in [3.05, 3.63) is 23.5 Å². The van der Waals surface area contributed by atoms with Gasteiger partial charge in [0.05, 0.1) is 12.3 Å². The number of carbonyl (C=O) groups is 1. The number of hydrogen-bond donors (Lipinski definition) is 1. The third-order valence-corrected chi connectivity index (χ3v) is 9.60. The molecule has 0 aliphatic heterocycles. The van der Waals surface area contributed by atoms with Gasteiger partial charge in [-0.1, -0.05) is 13.8 Å². The molecule has 29 heavy (non-hydrogen) atoms. The molecule has 4 nitrogen and oxygen atoms in total. The summed E-state index contributed by atoms with van der Waals surface area (Å²) in [4.78, 5) is 13.5. The minimum absolute atomic E-state index is 0.0925. The second kappa shape index (κ2) is 6.80. The SMILES string of the molecule is CCn1cc(/C=C2\C[C@H]3[C@@H]4CC[C@@H]5C[C@@H](O)CC[C@]5(C)[C@H]4CC[C@]3(C)C2=O)cn1. The molecular weight excluding hydrogens is 360 g/mol. The average molecular weight is 397 g/mol. The van der Waals surface area contributed by atoms with E-state index in [1.807, 2.05) is 17.1 Å². The Morgan fingerprint density at radius 3 is 2.79 bits per heavy atom. The summed E-state index contributed by atoms with van der Waals surface area (Å²) in [6, 6.07) is 0. The Kier molecular flexibility index (Phi) is 4.58. The first-order valence-electron chi connectivity index (χ1n) is 11.8. The van der Waals surface area contributed by atoms with Crippen molar-refractivity contribution < 1.29 is 9.90 Å². The third-order valence-electron chi connectivity index (χ3n) is 9.60. The lowest BCUT2D eigenvalue weighted by Gasteiger charge is -2.59. The summed E-state index contributed by atoms with van der Waals surface area (Å²) in [6.07, 6.45) is 14.7. The van der Waals surface area contributed by atoms with Crippen LogP contribution < -0.4 is 0 Å². The molecule has 1 aromatic heterocycles. The summed E-state index contributed by atoms with van der Waals surface area (Å²) >= 11 is 0. The number of carbonyl (C=O) groups excluding carboxylic acids is 1. The molecule has 4 aliphatic carbocycles. The van der Waals surface area contributed by atoms with E-state index in [0.29, 0.717) is 29.0 Å². The highest BCUT2D eigenvalue weighted by Gasteiger charge is 2.61. The predicted octanol–water partition coefficient (Wildman–Crippen LogP) is 4.87. The van der Waals surface area contributed by atoms with Gasteiger partial charge in [0.15, 0.2) is 5.78 Å². The van der Waals surface area contributed by atoms with Gasteiger partial charge < -0.3 is 5.11 Å². The second-order valence-corrected chi connectivity index (χ2v) is 10.9. The molecule has 0 amide bonds. The van der Waals surface area contributed by atoms with E-state index in [1.54, 1.807) is 0 Å². The summed E-state index contributed by atoms with van der Waals surface area (Å²) in [5, 5.41) is 14.6. The van der Waals surface area contributed by atoms with Gasteiger partial charge in [-0.25, -0.2) is 0 Å². The lowest BCUT2D eigenvalue weighted by molar-refractivity contribution is -0.141. The zero-order valence-corrected chi connectivity index (χ0v) is 18.2. The first-order chi connectivity index (χ1) is 13.8. The molecule has 1 heterocycles. The number of allylic oxidation sites excluding steroid dienone is 1. The molecule has 4 heteroatoms. The molecule has 158 valence electrons. The van der Waals surface area contributed by atoms with Gasteiger partial charge in [0.2, 0.25) is 0 Å². The molecule has 4 aliphatic rings. The molecule has 1 N–H and O–H groups in total. The molecule has 5 rings (SSSR count). The maximum Gasteiger partial charge on any atom is 0.165 e. The summed E-state index contributed by atoms with van der Waals surface area (Å²) in [7, 11) is 0. The van der Waals surface area contributed by atoms with Crippen LogP contribution in [0.3, 0.4) is 0 Å². The number of aliphatic hydroxyl groups is 1. The van der Waals surface area contributed by atoms with Crippen LogP contribution in [0.15, 0.2) is 18.0 Å². The normalized spacial score (nSPS) is 45.7. The molecule has 7 atom stereocenters. The van der Waals surface area contributed by atoms with Gasteiger partial charge in [0, 0.05) is 23.7 Å². The van der Waals surface area contributed by atoms with Crippen molar-refractivity contribution in [2.24, 2.45) is 34.5 Å². The van der Waals surface area contributed by atoms with E-state index in [4.69, 9.17) is 0 Å². The van der Waals surface area contributed by atoms with Gasteiger partial charge in [0.25, 0.3) is 0 Å². The van der Waals surface area contributed by atoms with Gasteiger partial charge >= 0.3 is 0 Å². The quantitative estimate of drug-likeness (QED) is 0.726. The second-order valence-electron chi connectivity index (χ2n) is 10.9. The Balaban J connectivity index is 1.43. The monoisotopic (exact) mass is 396 g/mol. The fraction of sp³-hybridized carbons (Fsp3) is 0.760. The van der Waals surface area contributed by atoms with Crippen LogP contribution in [0, 0.1) is 34.5 Å². The summed E-state index contributed by atoms with van der Waals surface area (Å²) < 4.78 is 1.93. The van der Waals surface area contributed by atoms with Gasteiger partial charge in [-0.15, -0.1) is 0 Å². The first kappa shape index (κ1) is 19.5. The van der Waals surface area contributed by atoms with Crippen molar-refractivity contribution in [1.29, 1.82) is 0 Å². The number of ketones is 1. The molecule has 1 aromatic rings. The molecule has 0 bridgehead atoms. The van der Waals surface area contributed by atoms with Crippen LogP contribution >= 0.6 is 0 Å². The van der Waals surface area contributed by atoms with Crippen LogP contribution in [0.4, 0.5) is 0 Å². The Bertz CT molecular complexity index is 842. The van der Waals surface area contributed by atoms with Crippen molar-refractivity contribution >= 4 is 11.9 Å². The predicted molar refractivity (Wildman–Crippen MR) is 114 cm³/mol. The fourth-order valence-corrected chi connectivity index (χ4v) is 7.86.